The monoisotopic (exact) mass is 270 g/mol. The highest BCUT2D eigenvalue weighted by molar-refractivity contribution is 6.33. The van der Waals surface area contributed by atoms with E-state index in [0.717, 1.165) is 0 Å². The molecule has 2 aromatic rings. The van der Waals surface area contributed by atoms with Crippen molar-refractivity contribution in [2.45, 2.75) is 0 Å². The van der Waals surface area contributed by atoms with Crippen molar-refractivity contribution < 1.29 is 4.79 Å². The molecule has 0 fully saturated rings. The fourth-order valence-corrected chi connectivity index (χ4v) is 1.72. The van der Waals surface area contributed by atoms with Crippen molar-refractivity contribution in [1.82, 2.24) is 0 Å². The number of terminal acetylenes is 1. The first-order valence-corrected chi connectivity index (χ1v) is 5.96. The van der Waals surface area contributed by atoms with E-state index in [-0.39, 0.29) is 6.03 Å². The zero-order valence-electron chi connectivity index (χ0n) is 9.98. The van der Waals surface area contributed by atoms with E-state index in [9.17, 15) is 4.79 Å². The van der Waals surface area contributed by atoms with Gasteiger partial charge in [0.25, 0.3) is 0 Å². The Morgan fingerprint density at radius 3 is 2.63 bits per heavy atom. The number of hydrogen-bond donors (Lipinski definition) is 2. The van der Waals surface area contributed by atoms with Crippen LogP contribution in [0.1, 0.15) is 5.56 Å². The van der Waals surface area contributed by atoms with Gasteiger partial charge in [0.2, 0.25) is 0 Å². The highest BCUT2D eigenvalue weighted by atomic mass is 35.5. The lowest BCUT2D eigenvalue weighted by atomic mass is 10.2. The minimum atomic E-state index is -0.373. The molecule has 2 aromatic carbocycles. The van der Waals surface area contributed by atoms with Gasteiger partial charge in [0.1, 0.15) is 0 Å². The summed E-state index contributed by atoms with van der Waals surface area (Å²) in [7, 11) is 0. The van der Waals surface area contributed by atoms with Gasteiger partial charge in [-0.1, -0.05) is 35.7 Å². The van der Waals surface area contributed by atoms with Crippen LogP contribution in [0.3, 0.4) is 0 Å². The maximum Gasteiger partial charge on any atom is 0.323 e. The maximum absolute atomic E-state index is 11.8. The van der Waals surface area contributed by atoms with E-state index in [1.165, 1.54) is 0 Å². The topological polar surface area (TPSA) is 41.1 Å². The number of anilines is 2. The Morgan fingerprint density at radius 1 is 1.11 bits per heavy atom. The summed E-state index contributed by atoms with van der Waals surface area (Å²) in [5, 5.41) is 5.83. The summed E-state index contributed by atoms with van der Waals surface area (Å²) in [6.45, 7) is 0. The van der Waals surface area contributed by atoms with Crippen LogP contribution in [-0.4, -0.2) is 6.03 Å². The molecular weight excluding hydrogens is 260 g/mol. The van der Waals surface area contributed by atoms with E-state index in [4.69, 9.17) is 18.0 Å². The molecule has 0 bridgehead atoms. The molecule has 2 amide bonds. The Balaban J connectivity index is 2.06. The normalized spacial score (nSPS) is 9.47. The third kappa shape index (κ3) is 3.51. The zero-order valence-corrected chi connectivity index (χ0v) is 10.7. The van der Waals surface area contributed by atoms with Gasteiger partial charge in [-0.15, -0.1) is 6.42 Å². The molecule has 0 saturated heterocycles. The number of halogens is 1. The predicted octanol–water partition coefficient (Wildman–Crippen LogP) is 3.97. The second kappa shape index (κ2) is 5.94. The lowest BCUT2D eigenvalue weighted by Gasteiger charge is -2.09. The number of nitrogens with one attached hydrogen (secondary N) is 2. The highest BCUT2D eigenvalue weighted by Gasteiger charge is 2.05. The molecule has 0 aliphatic heterocycles. The Hall–Kier alpha value is -2.44. The summed E-state index contributed by atoms with van der Waals surface area (Å²) in [6, 6.07) is 13.7. The van der Waals surface area contributed by atoms with Crippen molar-refractivity contribution in [3.8, 4) is 12.3 Å². The molecule has 4 heteroatoms. The van der Waals surface area contributed by atoms with Crippen LogP contribution in [0.25, 0.3) is 0 Å². The molecule has 0 aliphatic carbocycles. The fraction of sp³-hybridized carbons (Fsp3) is 0. The van der Waals surface area contributed by atoms with Crippen LogP contribution in [-0.2, 0) is 0 Å². The number of benzene rings is 2. The smallest absolute Gasteiger partial charge is 0.308 e. The zero-order chi connectivity index (χ0) is 13.7. The van der Waals surface area contributed by atoms with Gasteiger partial charge in [-0.2, -0.15) is 0 Å². The predicted molar refractivity (Wildman–Crippen MR) is 78.5 cm³/mol. The second-order valence-electron chi connectivity index (χ2n) is 3.78. The van der Waals surface area contributed by atoms with E-state index in [1.54, 1.807) is 48.5 Å². The van der Waals surface area contributed by atoms with Crippen LogP contribution in [0.2, 0.25) is 5.02 Å². The quantitative estimate of drug-likeness (QED) is 0.797. The van der Waals surface area contributed by atoms with Crippen LogP contribution >= 0.6 is 11.6 Å². The van der Waals surface area contributed by atoms with Crippen LogP contribution in [0.4, 0.5) is 16.2 Å². The standard InChI is InChI=1S/C15H11ClN2O/c1-2-11-6-5-7-12(10-11)17-15(19)18-14-9-4-3-8-13(14)16/h1,3-10H,(H2,17,18,19). The molecule has 0 saturated carbocycles. The maximum atomic E-state index is 11.8. The summed E-state index contributed by atoms with van der Waals surface area (Å²) in [4.78, 5) is 11.8. The molecule has 0 aliphatic rings. The number of rotatable bonds is 2. The van der Waals surface area contributed by atoms with Gasteiger partial charge in [0.05, 0.1) is 10.7 Å². The van der Waals surface area contributed by atoms with E-state index in [2.05, 4.69) is 16.6 Å². The van der Waals surface area contributed by atoms with Crippen LogP contribution < -0.4 is 10.6 Å². The van der Waals surface area contributed by atoms with Gasteiger partial charge < -0.3 is 10.6 Å². The molecule has 0 atom stereocenters. The molecule has 0 unspecified atom stereocenters. The average molecular weight is 271 g/mol. The lowest BCUT2D eigenvalue weighted by molar-refractivity contribution is 0.262. The molecule has 0 radical (unpaired) electrons. The van der Waals surface area contributed by atoms with Crippen molar-refractivity contribution in [3.05, 3.63) is 59.1 Å². The van der Waals surface area contributed by atoms with Gasteiger partial charge in [-0.05, 0) is 30.3 Å². The minimum absolute atomic E-state index is 0.373. The number of para-hydroxylation sites is 1. The number of carbonyl (C=O) groups excluding carboxylic acids is 1. The number of carbonyl (C=O) groups is 1. The number of amides is 2. The Labute approximate surface area is 116 Å². The van der Waals surface area contributed by atoms with E-state index >= 15 is 0 Å². The third-order valence-corrected chi connectivity index (χ3v) is 2.74. The van der Waals surface area contributed by atoms with Crippen molar-refractivity contribution in [1.29, 1.82) is 0 Å². The van der Waals surface area contributed by atoms with Crippen LogP contribution in [0.5, 0.6) is 0 Å². The first-order chi connectivity index (χ1) is 9.19. The van der Waals surface area contributed by atoms with Gasteiger partial charge in [-0.25, -0.2) is 4.79 Å². The van der Waals surface area contributed by atoms with E-state index in [0.29, 0.717) is 22.0 Å². The van der Waals surface area contributed by atoms with Gasteiger partial charge in [-0.3, -0.25) is 0 Å². The van der Waals surface area contributed by atoms with Gasteiger partial charge in [0.15, 0.2) is 0 Å². The molecule has 19 heavy (non-hydrogen) atoms. The lowest BCUT2D eigenvalue weighted by Crippen LogP contribution is -2.19. The SMILES string of the molecule is C#Cc1cccc(NC(=O)Nc2ccccc2Cl)c1. The molecule has 0 aromatic heterocycles. The first-order valence-electron chi connectivity index (χ1n) is 5.58. The summed E-state index contributed by atoms with van der Waals surface area (Å²) in [5.74, 6) is 2.51. The molecule has 0 spiro atoms. The van der Waals surface area contributed by atoms with Crippen LogP contribution in [0, 0.1) is 12.3 Å². The summed E-state index contributed by atoms with van der Waals surface area (Å²) in [6.07, 6.45) is 5.30. The molecule has 2 rings (SSSR count). The molecular formula is C15H11ClN2O. The second-order valence-corrected chi connectivity index (χ2v) is 4.19. The van der Waals surface area contributed by atoms with E-state index in [1.807, 2.05) is 0 Å². The Morgan fingerprint density at radius 2 is 1.89 bits per heavy atom. The third-order valence-electron chi connectivity index (χ3n) is 2.41. The highest BCUT2D eigenvalue weighted by Crippen LogP contribution is 2.20. The summed E-state index contributed by atoms with van der Waals surface area (Å²) in [5.41, 5.74) is 1.88. The van der Waals surface area contributed by atoms with Crippen molar-refractivity contribution in [2.75, 3.05) is 10.6 Å². The van der Waals surface area contributed by atoms with Gasteiger partial charge in [0, 0.05) is 11.3 Å². The number of hydrogen-bond acceptors (Lipinski definition) is 1. The van der Waals surface area contributed by atoms with Crippen molar-refractivity contribution in [2.24, 2.45) is 0 Å². The summed E-state index contributed by atoms with van der Waals surface area (Å²) < 4.78 is 0. The first kappa shape index (κ1) is 13.0. The Bertz CT molecular complexity index is 647. The Kier molecular flexibility index (Phi) is 4.07. The molecule has 2 N–H and O–H groups in total. The van der Waals surface area contributed by atoms with E-state index < -0.39 is 0 Å². The van der Waals surface area contributed by atoms with Crippen molar-refractivity contribution in [3.63, 3.8) is 0 Å². The number of urea groups is 1. The largest absolute Gasteiger partial charge is 0.323 e. The minimum Gasteiger partial charge on any atom is -0.308 e. The van der Waals surface area contributed by atoms with Gasteiger partial charge >= 0.3 is 6.03 Å². The molecule has 0 heterocycles. The van der Waals surface area contributed by atoms with Crippen LogP contribution in [0.15, 0.2) is 48.5 Å². The average Bonchev–Trinajstić information content (AvgIpc) is 2.41. The fourth-order valence-electron chi connectivity index (χ4n) is 1.53. The van der Waals surface area contributed by atoms with Crippen molar-refractivity contribution >= 4 is 29.0 Å². The molecule has 94 valence electrons. The molecule has 3 nitrogen and oxygen atoms in total. The summed E-state index contributed by atoms with van der Waals surface area (Å²) >= 11 is 5.95.